The quantitative estimate of drug-likeness (QED) is 0.489. The van der Waals surface area contributed by atoms with Crippen LogP contribution in [0.4, 0.5) is 0 Å². The Kier molecular flexibility index (Phi) is 6.14. The van der Waals surface area contributed by atoms with Gasteiger partial charge < -0.3 is 14.5 Å². The highest BCUT2D eigenvalue weighted by Crippen LogP contribution is 2.38. The number of aromatic amines is 1. The maximum Gasteiger partial charge on any atom is 0.321 e. The summed E-state index contributed by atoms with van der Waals surface area (Å²) in [4.78, 5) is 29.0. The van der Waals surface area contributed by atoms with E-state index in [9.17, 15) is 9.59 Å². The largest absolute Gasteiger partial charge is 0.465 e. The SMILES string of the molecule is CCOC(=O)C(C(=O)OCC)[C@H](c1ccccc1)c1c[nH]c2c(C)cccc12. The minimum atomic E-state index is -1.08. The van der Waals surface area contributed by atoms with E-state index in [4.69, 9.17) is 9.47 Å². The minimum absolute atomic E-state index is 0.198. The highest BCUT2D eigenvalue weighted by Gasteiger charge is 2.40. The van der Waals surface area contributed by atoms with E-state index in [1.165, 1.54) is 0 Å². The molecule has 0 aliphatic carbocycles. The summed E-state index contributed by atoms with van der Waals surface area (Å²) in [6, 6.07) is 15.5. The number of nitrogens with one attached hydrogen (secondary N) is 1. The topological polar surface area (TPSA) is 68.4 Å². The maximum atomic E-state index is 12.8. The Hall–Kier alpha value is -3.08. The summed E-state index contributed by atoms with van der Waals surface area (Å²) in [7, 11) is 0. The van der Waals surface area contributed by atoms with Crippen LogP contribution in [0.3, 0.4) is 0 Å². The zero-order valence-electron chi connectivity index (χ0n) is 16.4. The molecule has 3 rings (SSSR count). The molecule has 0 radical (unpaired) electrons. The summed E-state index contributed by atoms with van der Waals surface area (Å²) in [6.45, 7) is 5.88. The molecular weight excluding hydrogens is 354 g/mol. The second-order valence-electron chi connectivity index (χ2n) is 6.61. The number of aryl methyl sites for hydroxylation is 1. The number of H-pyrrole nitrogens is 1. The third kappa shape index (κ3) is 3.79. The van der Waals surface area contributed by atoms with Crippen molar-refractivity contribution in [2.75, 3.05) is 13.2 Å². The van der Waals surface area contributed by atoms with Crippen LogP contribution >= 0.6 is 0 Å². The number of benzene rings is 2. The molecule has 1 atom stereocenters. The number of carbonyl (C=O) groups is 2. The Bertz CT molecular complexity index is 943. The van der Waals surface area contributed by atoms with Gasteiger partial charge >= 0.3 is 11.9 Å². The molecule has 0 saturated carbocycles. The average molecular weight is 379 g/mol. The molecular formula is C23H25NO4. The molecule has 5 heteroatoms. The summed E-state index contributed by atoms with van der Waals surface area (Å²) in [5.41, 5.74) is 3.82. The molecule has 3 aromatic rings. The molecule has 0 fully saturated rings. The van der Waals surface area contributed by atoms with Gasteiger partial charge in [-0.2, -0.15) is 0 Å². The highest BCUT2D eigenvalue weighted by atomic mass is 16.6. The number of aromatic nitrogens is 1. The number of para-hydroxylation sites is 1. The summed E-state index contributed by atoms with van der Waals surface area (Å²) in [5.74, 6) is -2.75. The van der Waals surface area contributed by atoms with Crippen molar-refractivity contribution in [2.24, 2.45) is 5.92 Å². The van der Waals surface area contributed by atoms with E-state index in [1.54, 1.807) is 13.8 Å². The normalized spacial score (nSPS) is 12.1. The van der Waals surface area contributed by atoms with Gasteiger partial charge in [0.05, 0.1) is 13.2 Å². The van der Waals surface area contributed by atoms with E-state index in [0.29, 0.717) is 0 Å². The first kappa shape index (κ1) is 19.7. The van der Waals surface area contributed by atoms with Gasteiger partial charge in [0, 0.05) is 23.0 Å². The van der Waals surface area contributed by atoms with E-state index >= 15 is 0 Å². The fourth-order valence-corrected chi connectivity index (χ4v) is 3.63. The fourth-order valence-electron chi connectivity index (χ4n) is 3.63. The summed E-state index contributed by atoms with van der Waals surface area (Å²) < 4.78 is 10.5. The Morgan fingerprint density at radius 1 is 0.929 bits per heavy atom. The van der Waals surface area contributed by atoms with Crippen molar-refractivity contribution in [3.05, 3.63) is 71.4 Å². The van der Waals surface area contributed by atoms with Crippen LogP contribution in [0.1, 0.15) is 36.5 Å². The van der Waals surface area contributed by atoms with Crippen molar-refractivity contribution >= 4 is 22.8 Å². The zero-order chi connectivity index (χ0) is 20.1. The lowest BCUT2D eigenvalue weighted by atomic mass is 9.80. The fraction of sp³-hybridized carbons (Fsp3) is 0.304. The van der Waals surface area contributed by atoms with Gasteiger partial charge in [-0.3, -0.25) is 9.59 Å². The van der Waals surface area contributed by atoms with E-state index in [2.05, 4.69) is 4.98 Å². The molecule has 0 amide bonds. The third-order valence-electron chi connectivity index (χ3n) is 4.86. The molecule has 146 valence electrons. The second kappa shape index (κ2) is 8.74. The second-order valence-corrected chi connectivity index (χ2v) is 6.61. The Labute approximate surface area is 164 Å². The molecule has 0 aliphatic heterocycles. The smallest absolute Gasteiger partial charge is 0.321 e. The standard InChI is InChI=1S/C23H25NO4/c1-4-27-22(25)20(23(26)28-5-2)19(16-11-7-6-8-12-16)18-14-24-21-15(3)10-9-13-17(18)21/h6-14,19-20,24H,4-5H2,1-3H3/t19-/m1/s1. The van der Waals surface area contributed by atoms with Crippen molar-refractivity contribution in [3.8, 4) is 0 Å². The Morgan fingerprint density at radius 2 is 1.57 bits per heavy atom. The van der Waals surface area contributed by atoms with Crippen LogP contribution in [0.15, 0.2) is 54.7 Å². The average Bonchev–Trinajstić information content (AvgIpc) is 3.12. The number of fused-ring (bicyclic) bond motifs is 1. The molecule has 5 nitrogen and oxygen atoms in total. The molecule has 0 unspecified atom stereocenters. The van der Waals surface area contributed by atoms with Gasteiger partial charge in [0.1, 0.15) is 0 Å². The first-order chi connectivity index (χ1) is 13.6. The maximum absolute atomic E-state index is 12.8. The first-order valence-electron chi connectivity index (χ1n) is 9.53. The van der Waals surface area contributed by atoms with Crippen molar-refractivity contribution in [1.82, 2.24) is 4.98 Å². The number of ether oxygens (including phenoxy) is 2. The van der Waals surface area contributed by atoms with Gasteiger partial charge in [-0.25, -0.2) is 0 Å². The number of hydrogen-bond acceptors (Lipinski definition) is 4. The van der Waals surface area contributed by atoms with Crippen LogP contribution in [0, 0.1) is 12.8 Å². The van der Waals surface area contributed by atoms with Crippen LogP contribution in [0.25, 0.3) is 10.9 Å². The van der Waals surface area contributed by atoms with Crippen molar-refractivity contribution in [2.45, 2.75) is 26.7 Å². The number of esters is 2. The van der Waals surface area contributed by atoms with Gasteiger partial charge in [-0.15, -0.1) is 0 Å². The van der Waals surface area contributed by atoms with Crippen molar-refractivity contribution in [1.29, 1.82) is 0 Å². The van der Waals surface area contributed by atoms with E-state index in [1.807, 2.05) is 61.7 Å². The van der Waals surface area contributed by atoms with Gasteiger partial charge in [0.25, 0.3) is 0 Å². The molecule has 1 aromatic heterocycles. The molecule has 1 N–H and O–H groups in total. The van der Waals surface area contributed by atoms with E-state index < -0.39 is 23.8 Å². The molecule has 0 aliphatic rings. The van der Waals surface area contributed by atoms with Gasteiger partial charge in [-0.1, -0.05) is 48.5 Å². The molecule has 28 heavy (non-hydrogen) atoms. The lowest BCUT2D eigenvalue weighted by Gasteiger charge is -2.24. The lowest BCUT2D eigenvalue weighted by Crippen LogP contribution is -2.34. The van der Waals surface area contributed by atoms with Crippen LogP contribution in [-0.4, -0.2) is 30.1 Å². The van der Waals surface area contributed by atoms with Crippen LogP contribution in [-0.2, 0) is 19.1 Å². The molecule has 0 spiro atoms. The predicted octanol–water partition coefficient (Wildman–Crippen LogP) is 4.35. The number of rotatable bonds is 7. The van der Waals surface area contributed by atoms with Crippen LogP contribution in [0.5, 0.6) is 0 Å². The van der Waals surface area contributed by atoms with Gasteiger partial charge in [-0.05, 0) is 37.5 Å². The summed E-state index contributed by atoms with van der Waals surface area (Å²) in [6.07, 6.45) is 1.88. The predicted molar refractivity (Wildman–Crippen MR) is 108 cm³/mol. The minimum Gasteiger partial charge on any atom is -0.465 e. The monoisotopic (exact) mass is 379 g/mol. The van der Waals surface area contributed by atoms with Gasteiger partial charge in [0.2, 0.25) is 0 Å². The van der Waals surface area contributed by atoms with E-state index in [-0.39, 0.29) is 13.2 Å². The zero-order valence-corrected chi connectivity index (χ0v) is 16.4. The van der Waals surface area contributed by atoms with E-state index in [0.717, 1.165) is 27.6 Å². The van der Waals surface area contributed by atoms with Gasteiger partial charge in [0.15, 0.2) is 5.92 Å². The number of hydrogen-bond donors (Lipinski definition) is 1. The molecule has 1 heterocycles. The molecule has 2 aromatic carbocycles. The van der Waals surface area contributed by atoms with Crippen molar-refractivity contribution < 1.29 is 19.1 Å². The lowest BCUT2D eigenvalue weighted by molar-refractivity contribution is -0.162. The van der Waals surface area contributed by atoms with Crippen molar-refractivity contribution in [3.63, 3.8) is 0 Å². The van der Waals surface area contributed by atoms with Crippen LogP contribution in [0.2, 0.25) is 0 Å². The molecule has 0 bridgehead atoms. The highest BCUT2D eigenvalue weighted by molar-refractivity contribution is 5.98. The third-order valence-corrected chi connectivity index (χ3v) is 4.86. The van der Waals surface area contributed by atoms with Crippen LogP contribution < -0.4 is 0 Å². The Balaban J connectivity index is 2.21. The molecule has 0 saturated heterocycles. The summed E-state index contributed by atoms with van der Waals surface area (Å²) in [5, 5.41) is 0.979. The Morgan fingerprint density at radius 3 is 2.18 bits per heavy atom. The first-order valence-corrected chi connectivity index (χ1v) is 9.53. The summed E-state index contributed by atoms with van der Waals surface area (Å²) >= 11 is 0. The number of carbonyl (C=O) groups excluding carboxylic acids is 2.